The van der Waals surface area contributed by atoms with E-state index in [2.05, 4.69) is 11.8 Å². The predicted molar refractivity (Wildman–Crippen MR) is 91.0 cm³/mol. The van der Waals surface area contributed by atoms with Crippen LogP contribution in [0.15, 0.2) is 12.1 Å². The van der Waals surface area contributed by atoms with Gasteiger partial charge in [-0.3, -0.25) is 4.90 Å². The van der Waals surface area contributed by atoms with E-state index < -0.39 is 0 Å². The molecule has 0 saturated carbocycles. The third kappa shape index (κ3) is 4.06. The van der Waals surface area contributed by atoms with E-state index >= 15 is 0 Å². The summed E-state index contributed by atoms with van der Waals surface area (Å²) in [5, 5.41) is 0.596. The number of rotatable bonds is 7. The molecular weight excluding hydrogens is 300 g/mol. The van der Waals surface area contributed by atoms with Crippen molar-refractivity contribution < 1.29 is 9.47 Å². The Morgan fingerprint density at radius 3 is 2.59 bits per heavy atom. The molecule has 1 saturated heterocycles. The summed E-state index contributed by atoms with van der Waals surface area (Å²) in [5.41, 5.74) is 7.15. The van der Waals surface area contributed by atoms with Crippen LogP contribution in [0.5, 0.6) is 11.5 Å². The zero-order valence-electron chi connectivity index (χ0n) is 13.6. The average molecular weight is 327 g/mol. The van der Waals surface area contributed by atoms with E-state index in [0.717, 1.165) is 25.1 Å². The minimum atomic E-state index is 0.187. The van der Waals surface area contributed by atoms with Crippen LogP contribution in [-0.4, -0.2) is 38.3 Å². The molecule has 0 aromatic heterocycles. The van der Waals surface area contributed by atoms with Crippen molar-refractivity contribution in [1.82, 2.24) is 4.90 Å². The van der Waals surface area contributed by atoms with Gasteiger partial charge in [0.1, 0.15) is 0 Å². The van der Waals surface area contributed by atoms with Crippen molar-refractivity contribution in [3.05, 3.63) is 22.7 Å². The van der Waals surface area contributed by atoms with E-state index in [4.69, 9.17) is 26.8 Å². The standard InChI is InChI=1S/C17H27ClN2O2/c1-3-9-22-17-14(18)10-13(11-16(17)21-2)15(12-19)20-7-5-4-6-8-20/h10-11,15H,3-9,12,19H2,1-2H3. The predicted octanol–water partition coefficient (Wildman–Crippen LogP) is 3.62. The summed E-state index contributed by atoms with van der Waals surface area (Å²) in [6.07, 6.45) is 4.71. The lowest BCUT2D eigenvalue weighted by molar-refractivity contribution is 0.167. The van der Waals surface area contributed by atoms with E-state index in [0.29, 0.717) is 29.7 Å². The van der Waals surface area contributed by atoms with Crippen molar-refractivity contribution in [3.63, 3.8) is 0 Å². The van der Waals surface area contributed by atoms with E-state index in [1.165, 1.54) is 19.3 Å². The molecule has 2 N–H and O–H groups in total. The molecule has 5 heteroatoms. The molecule has 22 heavy (non-hydrogen) atoms. The number of halogens is 1. The molecule has 0 bridgehead atoms. The second kappa shape index (κ2) is 8.61. The van der Waals surface area contributed by atoms with Gasteiger partial charge in [0.05, 0.1) is 18.7 Å². The molecule has 1 aliphatic heterocycles. The van der Waals surface area contributed by atoms with Crippen molar-refractivity contribution >= 4 is 11.6 Å². The Labute approximate surface area is 138 Å². The third-order valence-electron chi connectivity index (χ3n) is 4.14. The van der Waals surface area contributed by atoms with Crippen molar-refractivity contribution in [2.24, 2.45) is 5.73 Å². The zero-order chi connectivity index (χ0) is 15.9. The van der Waals surface area contributed by atoms with E-state index in [1.54, 1.807) is 7.11 Å². The Hall–Kier alpha value is -0.970. The van der Waals surface area contributed by atoms with Crippen LogP contribution in [0.3, 0.4) is 0 Å². The largest absolute Gasteiger partial charge is 0.493 e. The Balaban J connectivity index is 2.27. The number of methoxy groups -OCH3 is 1. The first-order valence-corrected chi connectivity index (χ1v) is 8.53. The average Bonchev–Trinajstić information content (AvgIpc) is 2.55. The van der Waals surface area contributed by atoms with Gasteiger partial charge in [0, 0.05) is 12.6 Å². The van der Waals surface area contributed by atoms with Gasteiger partial charge in [0.25, 0.3) is 0 Å². The lowest BCUT2D eigenvalue weighted by Crippen LogP contribution is -2.37. The van der Waals surface area contributed by atoms with Crippen LogP contribution in [0.1, 0.15) is 44.2 Å². The number of nitrogens with zero attached hydrogens (tertiary/aromatic N) is 1. The first-order valence-electron chi connectivity index (χ1n) is 8.15. The topological polar surface area (TPSA) is 47.7 Å². The molecule has 1 unspecified atom stereocenters. The van der Waals surface area contributed by atoms with Gasteiger partial charge < -0.3 is 15.2 Å². The number of benzene rings is 1. The van der Waals surface area contributed by atoms with Crippen molar-refractivity contribution in [2.75, 3.05) is 33.4 Å². The molecule has 1 fully saturated rings. The highest BCUT2D eigenvalue weighted by molar-refractivity contribution is 6.32. The van der Waals surface area contributed by atoms with Gasteiger partial charge >= 0.3 is 0 Å². The summed E-state index contributed by atoms with van der Waals surface area (Å²) in [6.45, 7) is 5.46. The fourth-order valence-corrected chi connectivity index (χ4v) is 3.28. The number of hydrogen-bond donors (Lipinski definition) is 1. The lowest BCUT2D eigenvalue weighted by atomic mass is 10.0. The number of nitrogens with two attached hydrogens (primary N) is 1. The van der Waals surface area contributed by atoms with E-state index in [9.17, 15) is 0 Å². The molecule has 1 aromatic carbocycles. The van der Waals surface area contributed by atoms with Crippen LogP contribution >= 0.6 is 11.6 Å². The molecule has 4 nitrogen and oxygen atoms in total. The van der Waals surface area contributed by atoms with Crippen LogP contribution in [0, 0.1) is 0 Å². The quantitative estimate of drug-likeness (QED) is 0.831. The molecule has 0 amide bonds. The van der Waals surface area contributed by atoms with Crippen molar-refractivity contribution in [1.29, 1.82) is 0 Å². The smallest absolute Gasteiger partial charge is 0.179 e. The second-order valence-electron chi connectivity index (χ2n) is 5.73. The van der Waals surface area contributed by atoms with Crippen LogP contribution in [-0.2, 0) is 0 Å². The SMILES string of the molecule is CCCOc1c(Cl)cc(C(CN)N2CCCCC2)cc1OC. The molecule has 2 rings (SSSR count). The van der Waals surface area contributed by atoms with Crippen LogP contribution in [0.2, 0.25) is 5.02 Å². The van der Waals surface area contributed by atoms with Crippen molar-refractivity contribution in [3.8, 4) is 11.5 Å². The lowest BCUT2D eigenvalue weighted by Gasteiger charge is -2.34. The molecule has 1 aliphatic rings. The highest BCUT2D eigenvalue weighted by Gasteiger charge is 2.23. The maximum Gasteiger partial charge on any atom is 0.179 e. The van der Waals surface area contributed by atoms with Gasteiger partial charge in [0.15, 0.2) is 11.5 Å². The minimum Gasteiger partial charge on any atom is -0.493 e. The highest BCUT2D eigenvalue weighted by Crippen LogP contribution is 2.39. The normalized spacial score (nSPS) is 17.3. The van der Waals surface area contributed by atoms with Gasteiger partial charge in [-0.05, 0) is 50.0 Å². The molecule has 1 aromatic rings. The molecule has 124 valence electrons. The Bertz CT molecular complexity index is 476. The highest BCUT2D eigenvalue weighted by atomic mass is 35.5. The van der Waals surface area contributed by atoms with Gasteiger partial charge in [-0.25, -0.2) is 0 Å². The van der Waals surface area contributed by atoms with Crippen molar-refractivity contribution in [2.45, 2.75) is 38.6 Å². The van der Waals surface area contributed by atoms with Crippen LogP contribution in [0.25, 0.3) is 0 Å². The van der Waals surface area contributed by atoms with Gasteiger partial charge in [-0.2, -0.15) is 0 Å². The maximum absolute atomic E-state index is 6.42. The molecule has 0 radical (unpaired) electrons. The summed E-state index contributed by atoms with van der Waals surface area (Å²) in [7, 11) is 1.65. The minimum absolute atomic E-state index is 0.187. The van der Waals surface area contributed by atoms with Gasteiger partial charge in [0.2, 0.25) is 0 Å². The molecular formula is C17H27ClN2O2. The monoisotopic (exact) mass is 326 g/mol. The number of piperidine rings is 1. The van der Waals surface area contributed by atoms with Gasteiger partial charge in [-0.15, -0.1) is 0 Å². The fourth-order valence-electron chi connectivity index (χ4n) is 3.00. The van der Waals surface area contributed by atoms with Crippen LogP contribution < -0.4 is 15.2 Å². The summed E-state index contributed by atoms with van der Waals surface area (Å²) in [5.74, 6) is 1.32. The Morgan fingerprint density at radius 1 is 1.27 bits per heavy atom. The van der Waals surface area contributed by atoms with E-state index in [-0.39, 0.29) is 6.04 Å². The molecule has 1 heterocycles. The summed E-state index contributed by atoms with van der Waals surface area (Å²) in [4.78, 5) is 2.45. The molecule has 1 atom stereocenters. The molecule has 0 spiro atoms. The zero-order valence-corrected chi connectivity index (χ0v) is 14.4. The maximum atomic E-state index is 6.42. The first kappa shape index (κ1) is 17.4. The summed E-state index contributed by atoms with van der Waals surface area (Å²) in [6, 6.07) is 4.18. The number of likely N-dealkylation sites (tertiary alicyclic amines) is 1. The number of ether oxygens (including phenoxy) is 2. The fraction of sp³-hybridized carbons (Fsp3) is 0.647. The second-order valence-corrected chi connectivity index (χ2v) is 6.14. The Kier molecular flexibility index (Phi) is 6.80. The summed E-state index contributed by atoms with van der Waals surface area (Å²) < 4.78 is 11.2. The van der Waals surface area contributed by atoms with Crippen LogP contribution in [0.4, 0.5) is 0 Å². The van der Waals surface area contributed by atoms with Gasteiger partial charge in [-0.1, -0.05) is 24.9 Å². The van der Waals surface area contributed by atoms with E-state index in [1.807, 2.05) is 12.1 Å². The third-order valence-corrected chi connectivity index (χ3v) is 4.42. The summed E-state index contributed by atoms with van der Waals surface area (Å²) >= 11 is 6.42. The Morgan fingerprint density at radius 2 is 2.00 bits per heavy atom. The molecule has 0 aliphatic carbocycles. The first-order chi connectivity index (χ1) is 10.7. The number of hydrogen-bond acceptors (Lipinski definition) is 4.